The number of nitrogens with one attached hydrogen (secondary N) is 1. The molecule has 0 radical (unpaired) electrons. The maximum absolute atomic E-state index is 14.5. The third-order valence-electron chi connectivity index (χ3n) is 4.76. The lowest BCUT2D eigenvalue weighted by molar-refractivity contribution is 0.575. The Morgan fingerprint density at radius 3 is 0.793 bits per heavy atom. The zero-order valence-electron chi connectivity index (χ0n) is 15.8. The van der Waals surface area contributed by atoms with Crippen molar-refractivity contribution < 1.29 is 9.13 Å². The largest absolute Gasteiger partial charge is 0.296 e. The molecule has 4 rings (SSSR count). The van der Waals surface area contributed by atoms with E-state index in [4.69, 9.17) is 0 Å². The first-order valence-corrected chi connectivity index (χ1v) is 12.8. The number of hydrogen-bond donors (Lipinski definition) is 1. The fourth-order valence-electron chi connectivity index (χ4n) is 3.28. The molecule has 0 atom stereocenters. The summed E-state index contributed by atoms with van der Waals surface area (Å²) in [7, 11) is -6.78. The summed E-state index contributed by atoms with van der Waals surface area (Å²) < 4.78 is 29.0. The molecule has 1 N–H and O–H groups in total. The Morgan fingerprint density at radius 2 is 0.586 bits per heavy atom. The van der Waals surface area contributed by atoms with E-state index in [1.165, 1.54) is 0 Å². The van der Waals surface area contributed by atoms with Gasteiger partial charge in [0.25, 0.3) is 0 Å². The van der Waals surface area contributed by atoms with Crippen molar-refractivity contribution in [2.24, 2.45) is 0 Å². The Balaban J connectivity index is 1.93. The van der Waals surface area contributed by atoms with E-state index in [2.05, 4.69) is 4.86 Å². The zero-order chi connectivity index (χ0) is 20.2. The van der Waals surface area contributed by atoms with Gasteiger partial charge in [0.1, 0.15) is 0 Å². The molecule has 0 spiro atoms. The van der Waals surface area contributed by atoms with Crippen LogP contribution >= 0.6 is 14.6 Å². The normalized spacial score (nSPS) is 11.9. The molecular weight excluding hydrogens is 396 g/mol. The van der Waals surface area contributed by atoms with Crippen LogP contribution in [0.3, 0.4) is 0 Å². The van der Waals surface area contributed by atoms with Crippen LogP contribution in [-0.4, -0.2) is 0 Å². The summed E-state index contributed by atoms with van der Waals surface area (Å²) in [5, 5.41) is 2.49. The molecule has 144 valence electrons. The molecule has 5 heteroatoms. The maximum atomic E-state index is 14.5. The summed E-state index contributed by atoms with van der Waals surface area (Å²) in [6, 6.07) is 36.9. The maximum Gasteiger partial charge on any atom is 0.210 e. The number of benzene rings is 4. The SMILES string of the molecule is O=P(NP(=O)(c1ccccc1)c1ccccc1)(c1ccccc1)c1ccccc1. The van der Waals surface area contributed by atoms with Crippen LogP contribution in [0.5, 0.6) is 0 Å². The van der Waals surface area contributed by atoms with Gasteiger partial charge in [-0.05, 0) is 48.5 Å². The molecule has 29 heavy (non-hydrogen) atoms. The van der Waals surface area contributed by atoms with Crippen molar-refractivity contribution in [3.63, 3.8) is 0 Å². The second-order valence-corrected chi connectivity index (χ2v) is 12.0. The fourth-order valence-corrected chi connectivity index (χ4v) is 9.68. The van der Waals surface area contributed by atoms with E-state index < -0.39 is 14.6 Å². The lowest BCUT2D eigenvalue weighted by Gasteiger charge is -2.28. The smallest absolute Gasteiger partial charge is 0.210 e. The predicted molar refractivity (Wildman–Crippen MR) is 123 cm³/mol. The highest BCUT2D eigenvalue weighted by Gasteiger charge is 2.38. The molecule has 0 saturated carbocycles. The van der Waals surface area contributed by atoms with E-state index >= 15 is 0 Å². The van der Waals surface area contributed by atoms with Gasteiger partial charge in [0.05, 0.1) is 0 Å². The van der Waals surface area contributed by atoms with Gasteiger partial charge in [0.15, 0.2) is 0 Å². The summed E-state index contributed by atoms with van der Waals surface area (Å²) in [6.07, 6.45) is 0. The van der Waals surface area contributed by atoms with E-state index in [0.717, 1.165) is 0 Å². The van der Waals surface area contributed by atoms with Gasteiger partial charge in [-0.15, -0.1) is 0 Å². The Bertz CT molecular complexity index is 983. The van der Waals surface area contributed by atoms with Crippen molar-refractivity contribution in [2.45, 2.75) is 0 Å². The van der Waals surface area contributed by atoms with Crippen molar-refractivity contribution in [1.29, 1.82) is 0 Å². The molecule has 4 aromatic carbocycles. The van der Waals surface area contributed by atoms with Crippen molar-refractivity contribution >= 4 is 35.8 Å². The van der Waals surface area contributed by atoms with E-state index in [1.807, 2.05) is 121 Å². The van der Waals surface area contributed by atoms with Crippen molar-refractivity contribution in [3.8, 4) is 0 Å². The molecule has 0 heterocycles. The van der Waals surface area contributed by atoms with Crippen molar-refractivity contribution in [1.82, 2.24) is 4.86 Å². The van der Waals surface area contributed by atoms with Crippen LogP contribution in [-0.2, 0) is 9.13 Å². The molecule has 0 fully saturated rings. The van der Waals surface area contributed by atoms with Crippen LogP contribution in [0.2, 0.25) is 0 Å². The summed E-state index contributed by atoms with van der Waals surface area (Å²) in [6.45, 7) is 0. The lowest BCUT2D eigenvalue weighted by Crippen LogP contribution is -2.32. The minimum Gasteiger partial charge on any atom is -0.296 e. The molecule has 0 amide bonds. The molecule has 0 aliphatic heterocycles. The summed E-state index contributed by atoms with van der Waals surface area (Å²) in [4.78, 5) is 3.18. The summed E-state index contributed by atoms with van der Waals surface area (Å²) >= 11 is 0. The Kier molecular flexibility index (Phi) is 5.65. The molecule has 0 aliphatic rings. The Morgan fingerprint density at radius 1 is 0.379 bits per heavy atom. The molecule has 4 aromatic rings. The average Bonchev–Trinajstić information content (AvgIpc) is 2.81. The number of rotatable bonds is 6. The van der Waals surface area contributed by atoms with E-state index in [0.29, 0.717) is 21.2 Å². The molecule has 0 bridgehead atoms. The van der Waals surface area contributed by atoms with Crippen LogP contribution in [0.25, 0.3) is 0 Å². The lowest BCUT2D eigenvalue weighted by atomic mass is 10.4. The summed E-state index contributed by atoms with van der Waals surface area (Å²) in [5.41, 5.74) is 0. The Hall–Kier alpha value is -2.70. The second-order valence-electron chi connectivity index (χ2n) is 6.66. The van der Waals surface area contributed by atoms with E-state index in [9.17, 15) is 9.13 Å². The topological polar surface area (TPSA) is 46.2 Å². The monoisotopic (exact) mass is 417 g/mol. The number of hydrogen-bond acceptors (Lipinski definition) is 2. The van der Waals surface area contributed by atoms with Gasteiger partial charge in [-0.1, -0.05) is 72.8 Å². The highest BCUT2D eigenvalue weighted by atomic mass is 31.2. The van der Waals surface area contributed by atoms with E-state index in [-0.39, 0.29) is 0 Å². The first-order chi connectivity index (χ1) is 14.1. The van der Waals surface area contributed by atoms with Crippen LogP contribution in [0.15, 0.2) is 121 Å². The zero-order valence-corrected chi connectivity index (χ0v) is 17.5. The standard InChI is InChI=1S/C24H21NO2P2/c26-28(21-13-5-1-6-14-21,22-15-7-2-8-16-22)25-29(27,23-17-9-3-10-18-23)24-19-11-4-12-20-24/h1-20H,(H,25,26,27). The van der Waals surface area contributed by atoms with Gasteiger partial charge >= 0.3 is 0 Å². The van der Waals surface area contributed by atoms with Gasteiger partial charge in [-0.2, -0.15) is 0 Å². The van der Waals surface area contributed by atoms with Gasteiger partial charge < -0.3 is 0 Å². The Labute approximate surface area is 171 Å². The van der Waals surface area contributed by atoms with E-state index in [1.54, 1.807) is 0 Å². The highest BCUT2D eigenvalue weighted by Crippen LogP contribution is 2.52. The fraction of sp³-hybridized carbons (Fsp3) is 0. The first kappa shape index (κ1) is 19.6. The molecule has 0 aromatic heterocycles. The van der Waals surface area contributed by atoms with Crippen LogP contribution in [0, 0.1) is 0 Å². The minimum absolute atomic E-state index is 0.623. The predicted octanol–water partition coefficient (Wildman–Crippen LogP) is 4.43. The molecule has 3 nitrogen and oxygen atoms in total. The van der Waals surface area contributed by atoms with Gasteiger partial charge in [-0.25, -0.2) is 4.86 Å². The van der Waals surface area contributed by atoms with Crippen molar-refractivity contribution in [2.75, 3.05) is 0 Å². The van der Waals surface area contributed by atoms with Crippen LogP contribution < -0.4 is 26.1 Å². The molecule has 0 unspecified atom stereocenters. The van der Waals surface area contributed by atoms with Crippen LogP contribution in [0.1, 0.15) is 0 Å². The van der Waals surface area contributed by atoms with Gasteiger partial charge in [0.2, 0.25) is 14.6 Å². The quantitative estimate of drug-likeness (QED) is 0.472. The highest BCUT2D eigenvalue weighted by molar-refractivity contribution is 7.91. The van der Waals surface area contributed by atoms with Crippen molar-refractivity contribution in [3.05, 3.63) is 121 Å². The molecule has 0 saturated heterocycles. The molecular formula is C24H21NO2P2. The average molecular weight is 417 g/mol. The first-order valence-electron chi connectivity index (χ1n) is 9.35. The third-order valence-corrected chi connectivity index (χ3v) is 11.1. The van der Waals surface area contributed by atoms with Gasteiger partial charge in [0, 0.05) is 21.2 Å². The van der Waals surface area contributed by atoms with Gasteiger partial charge in [-0.3, -0.25) is 9.13 Å². The second kappa shape index (κ2) is 8.35. The minimum atomic E-state index is -3.39. The van der Waals surface area contributed by atoms with Crippen LogP contribution in [0.4, 0.5) is 0 Å². The summed E-state index contributed by atoms with van der Waals surface area (Å²) in [5.74, 6) is 0. The third kappa shape index (κ3) is 3.91. The molecule has 0 aliphatic carbocycles.